The van der Waals surface area contributed by atoms with E-state index in [1.165, 1.54) is 40.7 Å². The summed E-state index contributed by atoms with van der Waals surface area (Å²) < 4.78 is 0. The van der Waals surface area contributed by atoms with Crippen molar-refractivity contribution in [1.82, 2.24) is 4.90 Å². The van der Waals surface area contributed by atoms with Gasteiger partial charge in [0.05, 0.1) is 0 Å². The molecule has 0 aromatic heterocycles. The largest absolute Gasteiger partial charge is 0.298 e. The Bertz CT molecular complexity index is 658. The third-order valence-electron chi connectivity index (χ3n) is 4.56. The molecule has 0 spiro atoms. The van der Waals surface area contributed by atoms with Crippen molar-refractivity contribution in [1.29, 1.82) is 0 Å². The van der Waals surface area contributed by atoms with Gasteiger partial charge in [-0.05, 0) is 55.5 Å². The Hall–Kier alpha value is -1.86. The summed E-state index contributed by atoms with van der Waals surface area (Å²) in [4.78, 5) is 2.38. The van der Waals surface area contributed by atoms with E-state index in [-0.39, 0.29) is 0 Å². The summed E-state index contributed by atoms with van der Waals surface area (Å²) in [7, 11) is 2.20. The molecule has 1 aromatic carbocycles. The van der Waals surface area contributed by atoms with Gasteiger partial charge in [-0.3, -0.25) is 4.90 Å². The minimum Gasteiger partial charge on any atom is -0.298 e. The van der Waals surface area contributed by atoms with Gasteiger partial charge >= 0.3 is 0 Å². The molecular weight excluding hydrogens is 266 g/mol. The lowest BCUT2D eigenvalue weighted by molar-refractivity contribution is 0.418. The second-order valence-electron chi connectivity index (χ2n) is 6.37. The van der Waals surface area contributed by atoms with Gasteiger partial charge in [0.15, 0.2) is 0 Å². The van der Waals surface area contributed by atoms with E-state index in [0.717, 1.165) is 19.5 Å². The van der Waals surface area contributed by atoms with Gasteiger partial charge in [-0.2, -0.15) is 0 Å². The fourth-order valence-corrected chi connectivity index (χ4v) is 3.21. The highest BCUT2D eigenvalue weighted by Crippen LogP contribution is 2.27. The monoisotopic (exact) mass is 291 g/mol. The highest BCUT2D eigenvalue weighted by molar-refractivity contribution is 5.74. The van der Waals surface area contributed by atoms with Crippen LogP contribution in [-0.2, 0) is 6.42 Å². The Morgan fingerprint density at radius 3 is 2.95 bits per heavy atom. The smallest absolute Gasteiger partial charge is 0.0236 e. The zero-order valence-corrected chi connectivity index (χ0v) is 13.7. The Labute approximate surface area is 134 Å². The first-order valence-corrected chi connectivity index (χ1v) is 8.23. The number of rotatable bonds is 5. The molecule has 22 heavy (non-hydrogen) atoms. The van der Waals surface area contributed by atoms with Gasteiger partial charge in [0.25, 0.3) is 0 Å². The Balaban J connectivity index is 1.56. The fourth-order valence-electron chi connectivity index (χ4n) is 3.21. The molecule has 0 amide bonds. The Kier molecular flexibility index (Phi) is 4.74. The lowest BCUT2D eigenvalue weighted by atomic mass is 9.99. The third kappa shape index (κ3) is 3.48. The molecule has 0 unspecified atom stereocenters. The van der Waals surface area contributed by atoms with Crippen molar-refractivity contribution in [2.75, 3.05) is 20.1 Å². The topological polar surface area (TPSA) is 3.24 Å². The van der Waals surface area contributed by atoms with Crippen molar-refractivity contribution in [2.45, 2.75) is 26.2 Å². The van der Waals surface area contributed by atoms with E-state index in [1.807, 2.05) is 0 Å². The summed E-state index contributed by atoms with van der Waals surface area (Å²) in [5, 5.41) is 0. The number of hydrogen-bond donors (Lipinski definition) is 0. The van der Waals surface area contributed by atoms with Crippen molar-refractivity contribution in [3.63, 3.8) is 0 Å². The molecule has 114 valence electrons. The molecule has 3 rings (SSSR count). The van der Waals surface area contributed by atoms with Crippen LogP contribution in [-0.4, -0.2) is 25.0 Å². The molecule has 2 aliphatic rings. The van der Waals surface area contributed by atoms with Crippen molar-refractivity contribution in [3.8, 4) is 0 Å². The van der Waals surface area contributed by atoms with E-state index >= 15 is 0 Å². The standard InChI is InChI=1S/C21H25N/c1-17-8-3-4-9-18(17)11-7-15-22(2)16-20-14-13-19-10-5-6-12-21(19)20/h4-7,9-12,14H,3,8,13,15-16H2,1-2H3/b11-7+. The predicted octanol–water partition coefficient (Wildman–Crippen LogP) is 4.78. The summed E-state index contributed by atoms with van der Waals surface area (Å²) in [5.41, 5.74) is 7.28. The van der Waals surface area contributed by atoms with Gasteiger partial charge in [0, 0.05) is 13.1 Å². The second kappa shape index (κ2) is 6.93. The van der Waals surface area contributed by atoms with Gasteiger partial charge in [0.2, 0.25) is 0 Å². The molecular formula is C21H25N. The highest BCUT2D eigenvalue weighted by Gasteiger charge is 2.14. The zero-order chi connectivity index (χ0) is 15.4. The van der Waals surface area contributed by atoms with E-state index in [0.29, 0.717) is 0 Å². The van der Waals surface area contributed by atoms with Crippen LogP contribution in [0.5, 0.6) is 0 Å². The molecule has 0 aliphatic heterocycles. The maximum Gasteiger partial charge on any atom is 0.0236 e. The van der Waals surface area contributed by atoms with Crippen molar-refractivity contribution >= 4 is 5.57 Å². The summed E-state index contributed by atoms with van der Waals surface area (Å²) in [6.07, 6.45) is 15.0. The zero-order valence-electron chi connectivity index (χ0n) is 13.7. The minimum atomic E-state index is 0.990. The SMILES string of the molecule is CC1=C(/C=C/CN(C)CC2=CCc3ccccc32)C=CCC1. The molecule has 0 fully saturated rings. The van der Waals surface area contributed by atoms with Gasteiger partial charge in [0.1, 0.15) is 0 Å². The highest BCUT2D eigenvalue weighted by atomic mass is 15.1. The van der Waals surface area contributed by atoms with E-state index in [9.17, 15) is 0 Å². The van der Waals surface area contributed by atoms with Crippen LogP contribution in [0.15, 0.2) is 65.8 Å². The molecule has 1 heteroatoms. The molecule has 0 saturated carbocycles. The van der Waals surface area contributed by atoms with Crippen LogP contribution in [0.4, 0.5) is 0 Å². The Morgan fingerprint density at radius 1 is 1.23 bits per heavy atom. The normalized spacial score (nSPS) is 17.5. The summed E-state index contributed by atoms with van der Waals surface area (Å²) in [6.45, 7) is 4.26. The summed E-state index contributed by atoms with van der Waals surface area (Å²) in [6, 6.07) is 8.76. The first kappa shape index (κ1) is 15.1. The number of hydrogen-bond acceptors (Lipinski definition) is 1. The molecule has 0 N–H and O–H groups in total. The fraction of sp³-hybridized carbons (Fsp3) is 0.333. The Morgan fingerprint density at radius 2 is 2.09 bits per heavy atom. The molecule has 0 heterocycles. The number of likely N-dealkylation sites (N-methyl/N-ethyl adjacent to an activating group) is 1. The predicted molar refractivity (Wildman–Crippen MR) is 95.8 cm³/mol. The molecule has 1 aromatic rings. The molecule has 0 saturated heterocycles. The van der Waals surface area contributed by atoms with Crippen molar-refractivity contribution in [3.05, 3.63) is 76.9 Å². The molecule has 2 aliphatic carbocycles. The van der Waals surface area contributed by atoms with Gasteiger partial charge in [-0.15, -0.1) is 0 Å². The summed E-state index contributed by atoms with van der Waals surface area (Å²) in [5.74, 6) is 0. The van der Waals surface area contributed by atoms with Crippen LogP contribution in [0.3, 0.4) is 0 Å². The van der Waals surface area contributed by atoms with Gasteiger partial charge in [-0.1, -0.05) is 60.2 Å². The average molecular weight is 291 g/mol. The van der Waals surface area contributed by atoms with E-state index in [4.69, 9.17) is 0 Å². The number of allylic oxidation sites excluding steroid dienone is 6. The van der Waals surface area contributed by atoms with E-state index in [2.05, 4.69) is 73.5 Å². The molecule has 1 nitrogen and oxygen atoms in total. The minimum absolute atomic E-state index is 0.990. The number of fused-ring (bicyclic) bond motifs is 1. The lowest BCUT2D eigenvalue weighted by Crippen LogP contribution is -2.20. The molecule has 0 atom stereocenters. The maximum absolute atomic E-state index is 2.38. The first-order chi connectivity index (χ1) is 10.7. The quantitative estimate of drug-likeness (QED) is 0.754. The van der Waals surface area contributed by atoms with Crippen LogP contribution in [0.2, 0.25) is 0 Å². The molecule has 0 bridgehead atoms. The molecule has 0 radical (unpaired) electrons. The first-order valence-electron chi connectivity index (χ1n) is 8.23. The maximum atomic E-state index is 2.38. The average Bonchev–Trinajstić information content (AvgIpc) is 2.92. The van der Waals surface area contributed by atoms with Crippen LogP contribution < -0.4 is 0 Å². The summed E-state index contributed by atoms with van der Waals surface area (Å²) >= 11 is 0. The van der Waals surface area contributed by atoms with Crippen LogP contribution in [0.1, 0.15) is 30.9 Å². The lowest BCUT2D eigenvalue weighted by Gasteiger charge is -2.16. The van der Waals surface area contributed by atoms with Gasteiger partial charge in [-0.25, -0.2) is 0 Å². The number of nitrogens with zero attached hydrogens (tertiary/aromatic N) is 1. The number of benzene rings is 1. The van der Waals surface area contributed by atoms with Gasteiger partial charge < -0.3 is 0 Å². The van der Waals surface area contributed by atoms with Crippen molar-refractivity contribution in [2.24, 2.45) is 0 Å². The van der Waals surface area contributed by atoms with E-state index in [1.54, 1.807) is 0 Å². The van der Waals surface area contributed by atoms with Crippen LogP contribution in [0, 0.1) is 0 Å². The van der Waals surface area contributed by atoms with Crippen molar-refractivity contribution < 1.29 is 0 Å². The second-order valence-corrected chi connectivity index (χ2v) is 6.37. The van der Waals surface area contributed by atoms with Crippen LogP contribution >= 0.6 is 0 Å². The third-order valence-corrected chi connectivity index (χ3v) is 4.56. The van der Waals surface area contributed by atoms with E-state index < -0.39 is 0 Å². The van der Waals surface area contributed by atoms with Crippen LogP contribution in [0.25, 0.3) is 5.57 Å².